The molecule has 0 aliphatic heterocycles. The van der Waals surface area contributed by atoms with E-state index >= 15 is 0 Å². The van der Waals surface area contributed by atoms with Gasteiger partial charge < -0.3 is 19.5 Å². The molecule has 25 heavy (non-hydrogen) atoms. The van der Waals surface area contributed by atoms with Crippen molar-refractivity contribution in [2.75, 3.05) is 20.8 Å². The molecular formula is C18H24N4O3. The van der Waals surface area contributed by atoms with E-state index in [0.29, 0.717) is 30.7 Å². The van der Waals surface area contributed by atoms with Crippen LogP contribution in [0.4, 0.5) is 4.79 Å². The number of carbonyl (C=O) groups excluding carboxylic acids is 1. The molecule has 7 heteroatoms. The number of methoxy groups -OCH3 is 1. The molecular weight excluding hydrogens is 320 g/mol. The van der Waals surface area contributed by atoms with Crippen molar-refractivity contribution in [3.8, 4) is 0 Å². The van der Waals surface area contributed by atoms with Gasteiger partial charge in [-0.25, -0.2) is 4.79 Å². The summed E-state index contributed by atoms with van der Waals surface area (Å²) in [4.78, 5) is 18.4. The molecule has 134 valence electrons. The number of nitrogens with zero attached hydrogens (tertiary/aromatic N) is 3. The number of amides is 2. The molecule has 0 bridgehead atoms. The topological polar surface area (TPSA) is 80.5 Å². The summed E-state index contributed by atoms with van der Waals surface area (Å²) in [5.41, 5.74) is 2.51. The van der Waals surface area contributed by atoms with Gasteiger partial charge >= 0.3 is 6.03 Å². The maximum absolute atomic E-state index is 12.5. The first-order chi connectivity index (χ1) is 12.1. The molecule has 2 atom stereocenters. The van der Waals surface area contributed by atoms with Gasteiger partial charge in [0, 0.05) is 20.6 Å². The van der Waals surface area contributed by atoms with E-state index in [1.807, 2.05) is 12.1 Å². The lowest BCUT2D eigenvalue weighted by atomic mass is 10.0. The lowest BCUT2D eigenvalue weighted by Gasteiger charge is -2.23. The zero-order valence-corrected chi connectivity index (χ0v) is 14.9. The molecule has 2 amide bonds. The van der Waals surface area contributed by atoms with Crippen LogP contribution in [0.5, 0.6) is 0 Å². The summed E-state index contributed by atoms with van der Waals surface area (Å²) in [6.45, 7) is 2.97. The van der Waals surface area contributed by atoms with Gasteiger partial charge in [0.15, 0.2) is 5.82 Å². The van der Waals surface area contributed by atoms with Crippen LogP contribution in [-0.4, -0.2) is 41.8 Å². The van der Waals surface area contributed by atoms with Gasteiger partial charge in [0.1, 0.15) is 6.54 Å². The number of nitrogens with one attached hydrogen (secondary N) is 1. The minimum atomic E-state index is -0.148. The van der Waals surface area contributed by atoms with Gasteiger partial charge in [0.05, 0.1) is 12.6 Å². The fourth-order valence-corrected chi connectivity index (χ4v) is 3.18. The standard InChI is InChI=1S/C18H24N4O3/c1-12-10-13-6-4-5-7-14(13)17(12)20-18(23)22(2)11-16-19-15(21-25-16)8-9-24-3/h4-7,12,17H,8-11H2,1-3H3,(H,20,23). The van der Waals surface area contributed by atoms with E-state index in [0.717, 1.165) is 6.42 Å². The summed E-state index contributed by atoms with van der Waals surface area (Å²) in [6, 6.07) is 8.15. The molecule has 0 saturated carbocycles. The molecule has 0 fully saturated rings. The van der Waals surface area contributed by atoms with Crippen molar-refractivity contribution in [1.29, 1.82) is 0 Å². The molecule has 2 aromatic rings. The van der Waals surface area contributed by atoms with Gasteiger partial charge in [0.2, 0.25) is 5.89 Å². The van der Waals surface area contributed by atoms with E-state index < -0.39 is 0 Å². The first-order valence-corrected chi connectivity index (χ1v) is 8.48. The SMILES string of the molecule is COCCc1noc(CN(C)C(=O)NC2c3ccccc3CC2C)n1. The number of aromatic nitrogens is 2. The third-order valence-corrected chi connectivity index (χ3v) is 4.54. The van der Waals surface area contributed by atoms with E-state index in [1.165, 1.54) is 11.1 Å². The zero-order valence-electron chi connectivity index (χ0n) is 14.9. The predicted molar refractivity (Wildman–Crippen MR) is 91.9 cm³/mol. The first kappa shape index (κ1) is 17.4. The Balaban J connectivity index is 1.59. The minimum Gasteiger partial charge on any atom is -0.384 e. The summed E-state index contributed by atoms with van der Waals surface area (Å²) in [6.07, 6.45) is 1.57. The minimum absolute atomic E-state index is 0.0334. The molecule has 1 heterocycles. The van der Waals surface area contributed by atoms with Gasteiger partial charge in [-0.15, -0.1) is 0 Å². The summed E-state index contributed by atoms with van der Waals surface area (Å²) >= 11 is 0. The van der Waals surface area contributed by atoms with Crippen LogP contribution in [0.25, 0.3) is 0 Å². The quantitative estimate of drug-likeness (QED) is 0.870. The number of fused-ring (bicyclic) bond motifs is 1. The van der Waals surface area contributed by atoms with E-state index in [1.54, 1.807) is 19.1 Å². The molecule has 7 nitrogen and oxygen atoms in total. The average Bonchev–Trinajstić information content (AvgIpc) is 3.17. The molecule has 3 rings (SSSR count). The molecule has 0 radical (unpaired) electrons. The molecule has 1 N–H and O–H groups in total. The van der Waals surface area contributed by atoms with Crippen molar-refractivity contribution < 1.29 is 14.1 Å². The predicted octanol–water partition coefficient (Wildman–Crippen LogP) is 2.33. The number of urea groups is 1. The Morgan fingerprint density at radius 2 is 2.24 bits per heavy atom. The van der Waals surface area contributed by atoms with Gasteiger partial charge in [0.25, 0.3) is 0 Å². The lowest BCUT2D eigenvalue weighted by Crippen LogP contribution is -2.40. The number of hydrogen-bond acceptors (Lipinski definition) is 5. The second-order valence-corrected chi connectivity index (χ2v) is 6.51. The summed E-state index contributed by atoms with van der Waals surface area (Å²) < 4.78 is 10.2. The highest BCUT2D eigenvalue weighted by Gasteiger charge is 2.31. The highest BCUT2D eigenvalue weighted by Crippen LogP contribution is 2.35. The summed E-state index contributed by atoms with van der Waals surface area (Å²) in [7, 11) is 3.35. The second kappa shape index (κ2) is 7.65. The van der Waals surface area contributed by atoms with Crippen molar-refractivity contribution in [3.63, 3.8) is 0 Å². The van der Waals surface area contributed by atoms with Gasteiger partial charge in [-0.1, -0.05) is 36.3 Å². The molecule has 0 saturated heterocycles. The van der Waals surface area contributed by atoms with Crippen LogP contribution in [-0.2, 0) is 24.1 Å². The van der Waals surface area contributed by atoms with Crippen molar-refractivity contribution in [3.05, 3.63) is 47.1 Å². The third-order valence-electron chi connectivity index (χ3n) is 4.54. The zero-order chi connectivity index (χ0) is 17.8. The van der Waals surface area contributed by atoms with Gasteiger partial charge in [-0.2, -0.15) is 4.98 Å². The number of carbonyl (C=O) groups is 1. The average molecular weight is 344 g/mol. The number of benzene rings is 1. The van der Waals surface area contributed by atoms with Crippen LogP contribution in [0.2, 0.25) is 0 Å². The van der Waals surface area contributed by atoms with Crippen molar-refractivity contribution in [1.82, 2.24) is 20.4 Å². The molecule has 1 aromatic heterocycles. The van der Waals surface area contributed by atoms with Crippen molar-refractivity contribution in [2.24, 2.45) is 5.92 Å². The number of ether oxygens (including phenoxy) is 1. The normalized spacial score (nSPS) is 18.8. The van der Waals surface area contributed by atoms with E-state index in [9.17, 15) is 4.79 Å². The van der Waals surface area contributed by atoms with Crippen LogP contribution in [0.1, 0.15) is 35.8 Å². The third kappa shape index (κ3) is 3.99. The van der Waals surface area contributed by atoms with Crippen LogP contribution in [0.3, 0.4) is 0 Å². The first-order valence-electron chi connectivity index (χ1n) is 8.48. The lowest BCUT2D eigenvalue weighted by molar-refractivity contribution is 0.192. The number of rotatable bonds is 6. The molecule has 1 aliphatic carbocycles. The maximum Gasteiger partial charge on any atom is 0.318 e. The second-order valence-electron chi connectivity index (χ2n) is 6.51. The Morgan fingerprint density at radius 3 is 3.04 bits per heavy atom. The molecule has 1 aliphatic rings. The Bertz CT molecular complexity index is 731. The number of hydrogen-bond donors (Lipinski definition) is 1. The summed E-state index contributed by atoms with van der Waals surface area (Å²) in [5, 5.41) is 7.01. The van der Waals surface area contributed by atoms with Crippen molar-refractivity contribution in [2.45, 2.75) is 32.4 Å². The van der Waals surface area contributed by atoms with Gasteiger partial charge in [-0.3, -0.25) is 0 Å². The van der Waals surface area contributed by atoms with Crippen LogP contribution in [0, 0.1) is 5.92 Å². The molecule has 1 aromatic carbocycles. The van der Waals surface area contributed by atoms with E-state index in [4.69, 9.17) is 9.26 Å². The van der Waals surface area contributed by atoms with E-state index in [2.05, 4.69) is 34.5 Å². The van der Waals surface area contributed by atoms with Crippen LogP contribution >= 0.6 is 0 Å². The Morgan fingerprint density at radius 1 is 1.44 bits per heavy atom. The summed E-state index contributed by atoms with van der Waals surface area (Å²) in [5.74, 6) is 1.38. The molecule has 2 unspecified atom stereocenters. The monoisotopic (exact) mass is 344 g/mol. The fourth-order valence-electron chi connectivity index (χ4n) is 3.18. The Hall–Kier alpha value is -2.41. The Labute approximate surface area is 147 Å². The molecule has 0 spiro atoms. The highest BCUT2D eigenvalue weighted by molar-refractivity contribution is 5.74. The maximum atomic E-state index is 12.5. The van der Waals surface area contributed by atoms with Crippen LogP contribution in [0.15, 0.2) is 28.8 Å². The largest absolute Gasteiger partial charge is 0.384 e. The highest BCUT2D eigenvalue weighted by atomic mass is 16.5. The fraction of sp³-hybridized carbons (Fsp3) is 0.500. The van der Waals surface area contributed by atoms with Gasteiger partial charge in [-0.05, 0) is 23.5 Å². The smallest absolute Gasteiger partial charge is 0.318 e. The van der Waals surface area contributed by atoms with E-state index in [-0.39, 0.29) is 18.6 Å². The van der Waals surface area contributed by atoms with Crippen molar-refractivity contribution >= 4 is 6.03 Å². The van der Waals surface area contributed by atoms with Crippen LogP contribution < -0.4 is 5.32 Å². The Kier molecular flexibility index (Phi) is 5.33.